The van der Waals surface area contributed by atoms with Gasteiger partial charge in [0.1, 0.15) is 6.33 Å². The lowest BCUT2D eigenvalue weighted by Gasteiger charge is -2.25. The number of nitrogens with zero attached hydrogens (tertiary/aromatic N) is 2. The van der Waals surface area contributed by atoms with E-state index in [1.807, 2.05) is 6.92 Å². The molecule has 0 saturated carbocycles. The summed E-state index contributed by atoms with van der Waals surface area (Å²) in [6.07, 6.45) is 2.28. The Hall–Kier alpha value is -0.680. The lowest BCUT2D eigenvalue weighted by Crippen LogP contribution is -2.34. The maximum Gasteiger partial charge on any atom is 0.202 e. The molecule has 1 aromatic rings. The molecule has 1 rings (SSSR count). The lowest BCUT2D eigenvalue weighted by molar-refractivity contribution is 0.0515. The molecule has 1 aromatic heterocycles. The fourth-order valence-corrected chi connectivity index (χ4v) is 1.89. The molecule has 2 N–H and O–H groups in total. The Morgan fingerprint density at radius 3 is 2.86 bits per heavy atom. The van der Waals surface area contributed by atoms with Crippen molar-refractivity contribution >= 4 is 16.7 Å². The van der Waals surface area contributed by atoms with Gasteiger partial charge in [-0.05, 0) is 19.3 Å². The van der Waals surface area contributed by atoms with Gasteiger partial charge in [-0.3, -0.25) is 0 Å². The zero-order valence-electron chi connectivity index (χ0n) is 8.82. The fourth-order valence-electron chi connectivity index (χ4n) is 1.47. The molecule has 0 aliphatic carbocycles. The maximum atomic E-state index is 9.98. The van der Waals surface area contributed by atoms with Gasteiger partial charge in [0, 0.05) is 18.1 Å². The molecule has 0 amide bonds. The van der Waals surface area contributed by atoms with Gasteiger partial charge in [0.25, 0.3) is 0 Å². The van der Waals surface area contributed by atoms with Crippen LogP contribution in [-0.4, -0.2) is 26.6 Å². The van der Waals surface area contributed by atoms with Crippen LogP contribution in [0, 0.1) is 5.92 Å². The van der Waals surface area contributed by atoms with Crippen molar-refractivity contribution < 1.29 is 5.11 Å². The number of rotatable bonds is 5. The zero-order chi connectivity index (χ0) is 10.6. The summed E-state index contributed by atoms with van der Waals surface area (Å²) in [4.78, 5) is 3.98. The highest BCUT2D eigenvalue weighted by Crippen LogP contribution is 2.17. The van der Waals surface area contributed by atoms with Crippen LogP contribution in [0.2, 0.25) is 0 Å². The Labute approximate surface area is 88.6 Å². The van der Waals surface area contributed by atoms with Crippen molar-refractivity contribution in [1.29, 1.82) is 0 Å². The lowest BCUT2D eigenvalue weighted by atomic mass is 9.94. The van der Waals surface area contributed by atoms with Crippen LogP contribution < -0.4 is 5.32 Å². The number of nitrogens with one attached hydrogen (secondary N) is 1. The molecular weight excluding hydrogens is 198 g/mol. The maximum absolute atomic E-state index is 9.98. The molecule has 0 aromatic carbocycles. The van der Waals surface area contributed by atoms with Gasteiger partial charge in [-0.15, -0.1) is 0 Å². The van der Waals surface area contributed by atoms with Gasteiger partial charge >= 0.3 is 0 Å². The van der Waals surface area contributed by atoms with E-state index in [0.29, 0.717) is 12.5 Å². The van der Waals surface area contributed by atoms with Gasteiger partial charge < -0.3 is 10.4 Å². The van der Waals surface area contributed by atoms with Gasteiger partial charge in [-0.25, -0.2) is 4.98 Å². The molecule has 0 aliphatic heterocycles. The minimum Gasteiger partial charge on any atom is -0.388 e. The highest BCUT2D eigenvalue weighted by molar-refractivity contribution is 7.09. The monoisotopic (exact) mass is 215 g/mol. The standard InChI is InChI=1S/C9H17N3OS/c1-7(2)4-9(3,13)5-10-8-11-6-12-14-8/h6-7,13H,4-5H2,1-3H3,(H,10,11,12). The number of aliphatic hydroxyl groups is 1. The first-order valence-corrected chi connectivity index (χ1v) is 5.50. The minimum atomic E-state index is -0.681. The number of anilines is 1. The van der Waals surface area contributed by atoms with E-state index < -0.39 is 5.60 Å². The van der Waals surface area contributed by atoms with Gasteiger partial charge in [0.2, 0.25) is 5.13 Å². The molecule has 1 heterocycles. The summed E-state index contributed by atoms with van der Waals surface area (Å²) in [5.74, 6) is 0.487. The molecule has 0 saturated heterocycles. The van der Waals surface area contributed by atoms with Crippen molar-refractivity contribution in [3.63, 3.8) is 0 Å². The largest absolute Gasteiger partial charge is 0.388 e. The Bertz CT molecular complexity index is 259. The summed E-state index contributed by atoms with van der Waals surface area (Å²) >= 11 is 1.30. The van der Waals surface area contributed by atoms with Gasteiger partial charge in [-0.2, -0.15) is 4.37 Å². The zero-order valence-corrected chi connectivity index (χ0v) is 9.64. The quantitative estimate of drug-likeness (QED) is 0.785. The second kappa shape index (κ2) is 4.70. The molecule has 0 bridgehead atoms. The predicted octanol–water partition coefficient (Wildman–Crippen LogP) is 1.75. The van der Waals surface area contributed by atoms with Crippen molar-refractivity contribution in [3.8, 4) is 0 Å². The van der Waals surface area contributed by atoms with Gasteiger partial charge in [0.15, 0.2) is 0 Å². The molecule has 4 nitrogen and oxygen atoms in total. The first kappa shape index (κ1) is 11.4. The van der Waals surface area contributed by atoms with Gasteiger partial charge in [-0.1, -0.05) is 13.8 Å². The minimum absolute atomic E-state index is 0.487. The van der Waals surface area contributed by atoms with Crippen LogP contribution in [0.4, 0.5) is 5.13 Å². The molecule has 0 fully saturated rings. The molecular formula is C9H17N3OS. The highest BCUT2D eigenvalue weighted by atomic mass is 32.1. The second-order valence-electron chi connectivity index (χ2n) is 4.19. The van der Waals surface area contributed by atoms with E-state index in [1.54, 1.807) is 0 Å². The number of aromatic nitrogens is 2. The molecule has 80 valence electrons. The summed E-state index contributed by atoms with van der Waals surface area (Å²) in [7, 11) is 0. The van der Waals surface area contributed by atoms with E-state index in [4.69, 9.17) is 0 Å². The van der Waals surface area contributed by atoms with E-state index in [2.05, 4.69) is 28.5 Å². The smallest absolute Gasteiger partial charge is 0.202 e. The molecule has 5 heteroatoms. The van der Waals surface area contributed by atoms with E-state index in [-0.39, 0.29) is 0 Å². The Morgan fingerprint density at radius 1 is 1.64 bits per heavy atom. The van der Waals surface area contributed by atoms with Gasteiger partial charge in [0.05, 0.1) is 5.60 Å². The Kier molecular flexibility index (Phi) is 3.83. The van der Waals surface area contributed by atoms with Crippen LogP contribution in [0.5, 0.6) is 0 Å². The van der Waals surface area contributed by atoms with E-state index >= 15 is 0 Å². The summed E-state index contributed by atoms with van der Waals surface area (Å²) in [6, 6.07) is 0. The molecule has 1 unspecified atom stereocenters. The van der Waals surface area contributed by atoms with Crippen molar-refractivity contribution in [1.82, 2.24) is 9.36 Å². The molecule has 0 spiro atoms. The molecule has 14 heavy (non-hydrogen) atoms. The Balaban J connectivity index is 2.36. The molecule has 1 atom stereocenters. The molecule has 0 radical (unpaired) electrons. The predicted molar refractivity (Wildman–Crippen MR) is 58.5 cm³/mol. The fraction of sp³-hybridized carbons (Fsp3) is 0.778. The van der Waals surface area contributed by atoms with Crippen LogP contribution in [0.25, 0.3) is 0 Å². The Morgan fingerprint density at radius 2 is 2.36 bits per heavy atom. The van der Waals surface area contributed by atoms with E-state index in [0.717, 1.165) is 11.6 Å². The SMILES string of the molecule is CC(C)CC(C)(O)CNc1ncns1. The summed E-state index contributed by atoms with van der Waals surface area (Å²) < 4.78 is 3.87. The third-order valence-electron chi connectivity index (χ3n) is 1.83. The number of hydrogen-bond acceptors (Lipinski definition) is 5. The highest BCUT2D eigenvalue weighted by Gasteiger charge is 2.21. The van der Waals surface area contributed by atoms with Crippen LogP contribution >= 0.6 is 11.5 Å². The molecule has 0 aliphatic rings. The first-order chi connectivity index (χ1) is 6.49. The van der Waals surface area contributed by atoms with Crippen LogP contribution in [0.15, 0.2) is 6.33 Å². The summed E-state index contributed by atoms with van der Waals surface area (Å²) in [5, 5.41) is 13.8. The normalized spacial score (nSPS) is 15.5. The first-order valence-electron chi connectivity index (χ1n) is 4.72. The van der Waals surface area contributed by atoms with Crippen LogP contribution in [0.1, 0.15) is 27.2 Å². The van der Waals surface area contributed by atoms with E-state index in [9.17, 15) is 5.11 Å². The topological polar surface area (TPSA) is 58.0 Å². The third-order valence-corrected chi connectivity index (χ3v) is 2.45. The van der Waals surface area contributed by atoms with Crippen LogP contribution in [0.3, 0.4) is 0 Å². The van der Waals surface area contributed by atoms with Crippen molar-refractivity contribution in [2.75, 3.05) is 11.9 Å². The van der Waals surface area contributed by atoms with E-state index in [1.165, 1.54) is 17.9 Å². The van der Waals surface area contributed by atoms with Crippen molar-refractivity contribution in [3.05, 3.63) is 6.33 Å². The second-order valence-corrected chi connectivity index (χ2v) is 4.97. The average molecular weight is 215 g/mol. The van der Waals surface area contributed by atoms with Crippen molar-refractivity contribution in [2.45, 2.75) is 32.8 Å². The number of hydrogen-bond donors (Lipinski definition) is 2. The van der Waals surface area contributed by atoms with Crippen molar-refractivity contribution in [2.24, 2.45) is 5.92 Å². The van der Waals surface area contributed by atoms with Crippen LogP contribution in [-0.2, 0) is 0 Å². The summed E-state index contributed by atoms with van der Waals surface area (Å²) in [5.41, 5.74) is -0.681. The third kappa shape index (κ3) is 4.02. The average Bonchev–Trinajstić information content (AvgIpc) is 2.50. The summed E-state index contributed by atoms with van der Waals surface area (Å²) in [6.45, 7) is 6.54.